The Bertz CT molecular complexity index is 669. The third kappa shape index (κ3) is 4.18. The van der Waals surface area contributed by atoms with Crippen LogP contribution in [-0.4, -0.2) is 64.4 Å². The summed E-state index contributed by atoms with van der Waals surface area (Å²) in [6, 6.07) is 0. The Hall–Kier alpha value is -1.66. The lowest BCUT2D eigenvalue weighted by atomic mass is 9.97. The molecule has 0 spiro atoms. The van der Waals surface area contributed by atoms with Crippen LogP contribution in [0, 0.1) is 5.92 Å². The summed E-state index contributed by atoms with van der Waals surface area (Å²) in [5.41, 5.74) is 2.58. The minimum Gasteiger partial charge on any atom is -0.375 e. The Morgan fingerprint density at radius 3 is 3.00 bits per heavy atom. The highest BCUT2D eigenvalue weighted by Crippen LogP contribution is 2.27. The second-order valence-corrected chi connectivity index (χ2v) is 8.01. The van der Waals surface area contributed by atoms with Crippen LogP contribution < -0.4 is 0 Å². The van der Waals surface area contributed by atoms with Crippen LogP contribution in [0.15, 0.2) is 24.0 Å². The van der Waals surface area contributed by atoms with E-state index in [1.165, 1.54) is 24.0 Å². The van der Waals surface area contributed by atoms with Crippen LogP contribution in [0.4, 0.5) is 0 Å². The van der Waals surface area contributed by atoms with Crippen LogP contribution in [0.1, 0.15) is 37.7 Å². The van der Waals surface area contributed by atoms with Crippen molar-refractivity contribution >= 4 is 5.91 Å². The van der Waals surface area contributed by atoms with Crippen LogP contribution in [0.25, 0.3) is 0 Å². The molecule has 1 aliphatic carbocycles. The van der Waals surface area contributed by atoms with Gasteiger partial charge in [0.25, 0.3) is 0 Å². The van der Waals surface area contributed by atoms with Gasteiger partial charge in [0, 0.05) is 63.9 Å². The maximum atomic E-state index is 12.7. The third-order valence-electron chi connectivity index (χ3n) is 5.89. The normalized spacial score (nSPS) is 27.1. The zero-order valence-electron chi connectivity index (χ0n) is 15.8. The number of amides is 1. The average molecular weight is 358 g/mol. The predicted molar refractivity (Wildman–Crippen MR) is 99.5 cm³/mol. The molecule has 4 rings (SSSR count). The van der Waals surface area contributed by atoms with E-state index in [2.05, 4.69) is 22.3 Å². The number of likely N-dealkylation sites (tertiary alicyclic amines) is 1. The third-order valence-corrected chi connectivity index (χ3v) is 5.89. The molecular weight excluding hydrogens is 328 g/mol. The van der Waals surface area contributed by atoms with Crippen molar-refractivity contribution in [2.24, 2.45) is 13.0 Å². The molecule has 1 amide bonds. The number of fused-ring (bicyclic) bond motifs is 1. The number of carbonyl (C=O) groups excluding carboxylic acids is 1. The Labute approximate surface area is 155 Å². The molecule has 6 nitrogen and oxygen atoms in total. The van der Waals surface area contributed by atoms with Crippen molar-refractivity contribution in [3.05, 3.63) is 29.6 Å². The zero-order valence-corrected chi connectivity index (χ0v) is 15.8. The van der Waals surface area contributed by atoms with Gasteiger partial charge in [0.2, 0.25) is 5.91 Å². The molecule has 0 radical (unpaired) electrons. The van der Waals surface area contributed by atoms with Crippen molar-refractivity contribution in [3.63, 3.8) is 0 Å². The van der Waals surface area contributed by atoms with E-state index in [1.807, 2.05) is 22.8 Å². The molecule has 6 heteroatoms. The van der Waals surface area contributed by atoms with Crippen molar-refractivity contribution in [3.8, 4) is 0 Å². The number of hydrogen-bond acceptors (Lipinski definition) is 4. The van der Waals surface area contributed by atoms with Crippen LogP contribution >= 0.6 is 0 Å². The highest BCUT2D eigenvalue weighted by Gasteiger charge is 2.38. The average Bonchev–Trinajstić information content (AvgIpc) is 3.17. The number of nitrogens with zero attached hydrogens (tertiary/aromatic N) is 4. The summed E-state index contributed by atoms with van der Waals surface area (Å²) < 4.78 is 7.95. The van der Waals surface area contributed by atoms with Gasteiger partial charge < -0.3 is 9.64 Å². The van der Waals surface area contributed by atoms with E-state index in [0.717, 1.165) is 52.2 Å². The fourth-order valence-electron chi connectivity index (χ4n) is 4.49. The van der Waals surface area contributed by atoms with Gasteiger partial charge in [0.05, 0.1) is 18.9 Å². The topological polar surface area (TPSA) is 50.6 Å². The number of hydrogen-bond donors (Lipinski definition) is 0. The second-order valence-electron chi connectivity index (χ2n) is 8.01. The maximum Gasteiger partial charge on any atom is 0.226 e. The summed E-state index contributed by atoms with van der Waals surface area (Å²) in [4.78, 5) is 17.2. The maximum absolute atomic E-state index is 12.7. The number of aromatic nitrogens is 2. The molecule has 2 atom stereocenters. The number of carbonyl (C=O) groups is 1. The second kappa shape index (κ2) is 7.92. The number of ether oxygens (including phenoxy) is 1. The van der Waals surface area contributed by atoms with Crippen molar-refractivity contribution in [1.82, 2.24) is 19.6 Å². The molecule has 2 aliphatic heterocycles. The van der Waals surface area contributed by atoms with E-state index in [4.69, 9.17) is 4.74 Å². The van der Waals surface area contributed by atoms with Gasteiger partial charge in [-0.05, 0) is 25.7 Å². The first-order chi connectivity index (χ1) is 12.7. The highest BCUT2D eigenvalue weighted by molar-refractivity contribution is 5.79. The first kappa shape index (κ1) is 17.7. The molecule has 0 bridgehead atoms. The van der Waals surface area contributed by atoms with Gasteiger partial charge in [-0.3, -0.25) is 14.4 Å². The molecule has 142 valence electrons. The summed E-state index contributed by atoms with van der Waals surface area (Å²) in [7, 11) is 1.95. The summed E-state index contributed by atoms with van der Waals surface area (Å²) in [5.74, 6) is 0.701. The van der Waals surface area contributed by atoms with Crippen LogP contribution in [-0.2, 0) is 23.1 Å². The SMILES string of the molecule is Cn1cc(CN2CCO[C@@H]3CN(C(=O)CC4=CCCCC4)C[C@@H]3C2)cn1. The molecule has 2 saturated heterocycles. The number of allylic oxidation sites excluding steroid dienone is 1. The molecule has 1 aromatic rings. The highest BCUT2D eigenvalue weighted by atomic mass is 16.5. The van der Waals surface area contributed by atoms with E-state index in [0.29, 0.717) is 12.3 Å². The van der Waals surface area contributed by atoms with E-state index < -0.39 is 0 Å². The van der Waals surface area contributed by atoms with Crippen molar-refractivity contribution in [2.45, 2.75) is 44.8 Å². The van der Waals surface area contributed by atoms with Gasteiger partial charge in [0.15, 0.2) is 0 Å². The molecule has 0 N–H and O–H groups in total. The summed E-state index contributed by atoms with van der Waals surface area (Å²) >= 11 is 0. The van der Waals surface area contributed by atoms with Gasteiger partial charge in [-0.2, -0.15) is 5.10 Å². The minimum atomic E-state index is 0.193. The monoisotopic (exact) mass is 358 g/mol. The predicted octanol–water partition coefficient (Wildman–Crippen LogP) is 1.97. The Kier molecular flexibility index (Phi) is 5.41. The first-order valence-electron chi connectivity index (χ1n) is 9.94. The standard InChI is InChI=1S/C20H30N4O2/c1-22-11-17(10-21-22)12-23-7-8-26-19-15-24(14-18(19)13-23)20(25)9-16-5-3-2-4-6-16/h5,10-11,18-19H,2-4,6-9,12-15H2,1H3/t18-,19+/m0/s1. The molecule has 1 aromatic heterocycles. The molecule has 3 aliphatic rings. The minimum absolute atomic E-state index is 0.193. The Morgan fingerprint density at radius 2 is 2.23 bits per heavy atom. The molecule has 0 aromatic carbocycles. The van der Waals surface area contributed by atoms with Crippen LogP contribution in [0.3, 0.4) is 0 Å². The number of rotatable bonds is 4. The smallest absolute Gasteiger partial charge is 0.226 e. The molecular formula is C20H30N4O2. The van der Waals surface area contributed by atoms with Gasteiger partial charge >= 0.3 is 0 Å². The van der Waals surface area contributed by atoms with Gasteiger partial charge in [-0.15, -0.1) is 0 Å². The molecule has 26 heavy (non-hydrogen) atoms. The van der Waals surface area contributed by atoms with Crippen molar-refractivity contribution in [2.75, 3.05) is 32.8 Å². The summed E-state index contributed by atoms with van der Waals surface area (Å²) in [5, 5.41) is 4.26. The van der Waals surface area contributed by atoms with Crippen molar-refractivity contribution in [1.29, 1.82) is 0 Å². The molecule has 0 saturated carbocycles. The lowest BCUT2D eigenvalue weighted by Crippen LogP contribution is -2.33. The molecule has 0 unspecified atom stereocenters. The van der Waals surface area contributed by atoms with Crippen molar-refractivity contribution < 1.29 is 9.53 Å². The quantitative estimate of drug-likeness (QED) is 0.772. The van der Waals surface area contributed by atoms with Crippen LogP contribution in [0.5, 0.6) is 0 Å². The van der Waals surface area contributed by atoms with E-state index >= 15 is 0 Å². The largest absolute Gasteiger partial charge is 0.375 e. The van der Waals surface area contributed by atoms with Crippen LogP contribution in [0.2, 0.25) is 0 Å². The van der Waals surface area contributed by atoms with E-state index in [9.17, 15) is 4.79 Å². The van der Waals surface area contributed by atoms with Gasteiger partial charge in [0.1, 0.15) is 0 Å². The Morgan fingerprint density at radius 1 is 1.31 bits per heavy atom. The summed E-state index contributed by atoms with van der Waals surface area (Å²) in [6.07, 6.45) is 11.8. The molecule has 3 heterocycles. The zero-order chi connectivity index (χ0) is 17.9. The fourth-order valence-corrected chi connectivity index (χ4v) is 4.49. The van der Waals surface area contributed by atoms with E-state index in [1.54, 1.807) is 0 Å². The lowest BCUT2D eigenvalue weighted by Gasteiger charge is -2.23. The van der Waals surface area contributed by atoms with Gasteiger partial charge in [-0.1, -0.05) is 11.6 Å². The van der Waals surface area contributed by atoms with Gasteiger partial charge in [-0.25, -0.2) is 0 Å². The lowest BCUT2D eigenvalue weighted by molar-refractivity contribution is -0.130. The van der Waals surface area contributed by atoms with E-state index in [-0.39, 0.29) is 12.0 Å². The number of aryl methyl sites for hydroxylation is 1. The molecule has 2 fully saturated rings. The Balaban J connectivity index is 1.33. The summed E-state index contributed by atoms with van der Waals surface area (Å²) in [6.45, 7) is 5.18. The first-order valence-corrected chi connectivity index (χ1v) is 9.94. The fraction of sp³-hybridized carbons (Fsp3) is 0.700.